The van der Waals surface area contributed by atoms with Crippen molar-refractivity contribution in [1.82, 2.24) is 0 Å². The molecule has 3 heteroatoms. The summed E-state index contributed by atoms with van der Waals surface area (Å²) in [6.07, 6.45) is 0.778. The van der Waals surface area contributed by atoms with Crippen LogP contribution in [0.2, 0.25) is 0 Å². The van der Waals surface area contributed by atoms with E-state index >= 15 is 0 Å². The van der Waals surface area contributed by atoms with Crippen molar-refractivity contribution in [2.24, 2.45) is 0 Å². The van der Waals surface area contributed by atoms with Gasteiger partial charge in [-0.05, 0) is 6.92 Å². The fraction of sp³-hybridized carbons (Fsp3) is 1.00. The lowest BCUT2D eigenvalue weighted by molar-refractivity contribution is 0.597. The van der Waals surface area contributed by atoms with Gasteiger partial charge in [-0.1, -0.05) is 4.57 Å². The molecule has 1 nitrogen and oxygen atoms in total. The summed E-state index contributed by atoms with van der Waals surface area (Å²) in [6.45, 7) is 1.89. The van der Waals surface area contributed by atoms with Crippen molar-refractivity contribution < 1.29 is 4.57 Å². The minimum atomic E-state index is -0.932. The van der Waals surface area contributed by atoms with E-state index in [0.29, 0.717) is 0 Å². The molecule has 0 heterocycles. The van der Waals surface area contributed by atoms with Crippen LogP contribution in [0, 0.1) is 0 Å². The fourth-order valence-electron chi connectivity index (χ4n) is 0. The lowest BCUT2D eigenvalue weighted by atomic mass is 11.0. The Hall–Kier alpha value is 0.530. The second-order valence-electron chi connectivity index (χ2n) is 0.733. The van der Waals surface area contributed by atoms with E-state index in [1.54, 1.807) is 0 Å². The molecule has 2 atom stereocenters. The third-order valence-corrected chi connectivity index (χ3v) is 2.03. The molecule has 0 saturated heterocycles. The normalized spacial score (nSPS) is 11.2. The average Bonchev–Trinajstić information content (AvgIpc) is 1.38. The summed E-state index contributed by atoms with van der Waals surface area (Å²) < 4.78 is 9.92. The zero-order valence-corrected chi connectivity index (χ0v) is 5.19. The first-order chi connectivity index (χ1) is 2.27. The average molecular weight is 109 g/mol. The molecule has 0 radical (unpaired) electrons. The Kier molecular flexibility index (Phi) is 3.04. The molecule has 0 spiro atoms. The topological polar surface area (TPSA) is 17.1 Å². The molecule has 0 aliphatic carbocycles. The van der Waals surface area contributed by atoms with Gasteiger partial charge in [-0.3, -0.25) is 0 Å². The maximum absolute atomic E-state index is 9.92. The molecular weight excluding hydrogens is 102 g/mol. The van der Waals surface area contributed by atoms with Crippen LogP contribution in [0.3, 0.4) is 0 Å². The quantitative estimate of drug-likeness (QED) is 0.467. The molecule has 0 saturated carbocycles. The van der Waals surface area contributed by atoms with Crippen molar-refractivity contribution in [1.29, 1.82) is 0 Å². The molecule has 0 aromatic heterocycles. The van der Waals surface area contributed by atoms with Crippen LogP contribution < -0.4 is 0 Å². The summed E-state index contributed by atoms with van der Waals surface area (Å²) in [4.78, 5) is 0. The van der Waals surface area contributed by atoms with Crippen molar-refractivity contribution in [2.75, 3.05) is 6.16 Å². The van der Waals surface area contributed by atoms with Crippen molar-refractivity contribution in [2.45, 2.75) is 6.92 Å². The molecule has 5 heavy (non-hydrogen) atoms. The molecule has 0 aliphatic heterocycles. The van der Waals surface area contributed by atoms with Gasteiger partial charge in [-0.2, -0.15) is 0 Å². The van der Waals surface area contributed by atoms with Gasteiger partial charge in [0.05, 0.1) is 0 Å². The summed E-state index contributed by atoms with van der Waals surface area (Å²) >= 11 is 0. The van der Waals surface area contributed by atoms with E-state index in [0.717, 1.165) is 6.16 Å². The van der Waals surface area contributed by atoms with Crippen molar-refractivity contribution in [3.63, 3.8) is 0 Å². The van der Waals surface area contributed by atoms with Crippen LogP contribution in [0.15, 0.2) is 0 Å². The molecule has 2 unspecified atom stereocenters. The minimum Gasteiger partial charge on any atom is -0.0729 e. The first kappa shape index (κ1) is 5.53. The number of hydrogen-bond acceptors (Lipinski definition) is 1. The highest BCUT2D eigenvalue weighted by molar-refractivity contribution is 8.06. The Labute approximate surface area is 35.0 Å². The predicted octanol–water partition coefficient (Wildman–Crippen LogP) is 1.62. The van der Waals surface area contributed by atoms with Crippen molar-refractivity contribution in [3.8, 4) is 0 Å². The maximum atomic E-state index is 9.92. The Bertz CT molecular complexity index is 42.9. The van der Waals surface area contributed by atoms with Crippen LogP contribution in [0.5, 0.6) is 0 Å². The Morgan fingerprint density at radius 1 is 2.00 bits per heavy atom. The Morgan fingerprint density at radius 2 is 2.20 bits per heavy atom. The summed E-state index contributed by atoms with van der Waals surface area (Å²) in [7, 11) is 1.31. The smallest absolute Gasteiger partial charge is 0.0729 e. The lowest BCUT2D eigenvalue weighted by Crippen LogP contribution is -1.47. The Morgan fingerprint density at radius 3 is 2.20 bits per heavy atom. The highest BCUT2D eigenvalue weighted by atomic mass is 32.0. The molecule has 0 amide bonds. The van der Waals surface area contributed by atoms with E-state index in [1.807, 2.05) is 6.92 Å². The molecule has 0 bridgehead atoms. The van der Waals surface area contributed by atoms with Gasteiger partial charge in [0.15, 0.2) is 0 Å². The third kappa shape index (κ3) is 4.53. The van der Waals surface area contributed by atoms with Gasteiger partial charge >= 0.3 is 7.49 Å². The van der Waals surface area contributed by atoms with Gasteiger partial charge < -0.3 is 0 Å². The summed E-state index contributed by atoms with van der Waals surface area (Å²) in [5.41, 5.74) is 0. The van der Waals surface area contributed by atoms with Crippen LogP contribution in [-0.4, -0.2) is 6.16 Å². The van der Waals surface area contributed by atoms with Crippen molar-refractivity contribution >= 4 is 16.4 Å². The largest absolute Gasteiger partial charge is 0.348 e. The summed E-state index contributed by atoms with van der Waals surface area (Å²) in [5.74, 6) is 0. The molecule has 0 N–H and O–H groups in total. The monoisotopic (exact) mass is 109 g/mol. The second kappa shape index (κ2) is 2.75. The van der Waals surface area contributed by atoms with Crippen LogP contribution in [0.1, 0.15) is 6.92 Å². The second-order valence-corrected chi connectivity index (χ2v) is 3.93. The fourth-order valence-corrected chi connectivity index (χ4v) is 0. The maximum Gasteiger partial charge on any atom is 0.348 e. The molecule has 0 rings (SSSR count). The zero-order valence-electron chi connectivity index (χ0n) is 3.14. The summed E-state index contributed by atoms with van der Waals surface area (Å²) in [5, 5.41) is 0. The van der Waals surface area contributed by atoms with Gasteiger partial charge in [0.1, 0.15) is 15.1 Å². The lowest BCUT2D eigenvalue weighted by Gasteiger charge is -1.55. The zero-order chi connectivity index (χ0) is 4.28. The number of rotatable bonds is 1. The van der Waals surface area contributed by atoms with Crippen LogP contribution in [-0.2, 0) is 4.57 Å². The van der Waals surface area contributed by atoms with Crippen LogP contribution >= 0.6 is 16.4 Å². The summed E-state index contributed by atoms with van der Waals surface area (Å²) in [6, 6.07) is 0. The molecule has 30 valence electrons. The van der Waals surface area contributed by atoms with E-state index < -0.39 is 7.49 Å². The Balaban J connectivity index is 2.85. The molecule has 0 fully saturated rings. The van der Waals surface area contributed by atoms with E-state index in [4.69, 9.17) is 0 Å². The standard InChI is InChI=1S/C2H7OP2/c1-2-5(3)4/h2,4H2,1H3/q+1. The number of hydrogen-bond donors (Lipinski definition) is 0. The highest BCUT2D eigenvalue weighted by Gasteiger charge is 1.94. The van der Waals surface area contributed by atoms with Gasteiger partial charge in [0, 0.05) is 0 Å². The third-order valence-electron chi connectivity index (χ3n) is 0.312. The van der Waals surface area contributed by atoms with Gasteiger partial charge in [-0.15, -0.1) is 0 Å². The molecule has 0 aromatic rings. The van der Waals surface area contributed by atoms with Gasteiger partial charge in [0.25, 0.3) is 0 Å². The van der Waals surface area contributed by atoms with Gasteiger partial charge in [-0.25, -0.2) is 0 Å². The van der Waals surface area contributed by atoms with Gasteiger partial charge in [0.2, 0.25) is 0 Å². The van der Waals surface area contributed by atoms with Crippen molar-refractivity contribution in [3.05, 3.63) is 0 Å². The first-order valence-corrected chi connectivity index (χ1v) is 4.53. The van der Waals surface area contributed by atoms with E-state index in [9.17, 15) is 4.57 Å². The SMILES string of the molecule is CC[P+](=O)P. The minimum absolute atomic E-state index is 0.778. The van der Waals surface area contributed by atoms with E-state index in [1.165, 1.54) is 0 Å². The molecular formula is C2H7OP2+. The van der Waals surface area contributed by atoms with E-state index in [2.05, 4.69) is 8.93 Å². The molecule has 0 aromatic carbocycles. The van der Waals surface area contributed by atoms with Crippen LogP contribution in [0.4, 0.5) is 0 Å². The highest BCUT2D eigenvalue weighted by Crippen LogP contribution is 2.28. The van der Waals surface area contributed by atoms with E-state index in [-0.39, 0.29) is 0 Å². The predicted molar refractivity (Wildman–Crippen MR) is 27.9 cm³/mol. The molecule has 0 aliphatic rings. The van der Waals surface area contributed by atoms with Crippen LogP contribution in [0.25, 0.3) is 0 Å². The first-order valence-electron chi connectivity index (χ1n) is 1.46.